The molecule has 2 saturated carbocycles. The fraction of sp³-hybridized carbons (Fsp3) is 0.875. The number of nitrogens with zero attached hydrogens (tertiary/aromatic N) is 1. The fourth-order valence-corrected chi connectivity index (χ4v) is 2.72. The van der Waals surface area contributed by atoms with Crippen LogP contribution in [0.15, 0.2) is 4.99 Å². The number of amides is 1. The van der Waals surface area contributed by atoms with E-state index in [0.29, 0.717) is 25.0 Å². The number of carbonyl (C=O) groups excluding carboxylic acids is 1. The van der Waals surface area contributed by atoms with Gasteiger partial charge in [-0.2, -0.15) is 0 Å². The Labute approximate surface area is 151 Å². The molecule has 0 heterocycles. The molecule has 2 fully saturated rings. The lowest BCUT2D eigenvalue weighted by molar-refractivity contribution is -0.121. The zero-order valence-corrected chi connectivity index (χ0v) is 16.0. The van der Waals surface area contributed by atoms with Gasteiger partial charge in [0.05, 0.1) is 0 Å². The van der Waals surface area contributed by atoms with Crippen molar-refractivity contribution in [1.29, 1.82) is 0 Å². The molecule has 0 saturated heterocycles. The van der Waals surface area contributed by atoms with Crippen molar-refractivity contribution in [3.8, 4) is 0 Å². The van der Waals surface area contributed by atoms with Crippen LogP contribution in [0.4, 0.5) is 0 Å². The van der Waals surface area contributed by atoms with E-state index in [1.807, 2.05) is 0 Å². The maximum absolute atomic E-state index is 11.6. The summed E-state index contributed by atoms with van der Waals surface area (Å²) < 4.78 is 0. The highest BCUT2D eigenvalue weighted by Crippen LogP contribution is 2.18. The Balaban J connectivity index is 0.00000242. The third kappa shape index (κ3) is 8.19. The molecule has 1 amide bonds. The van der Waals surface area contributed by atoms with Crippen molar-refractivity contribution in [2.75, 3.05) is 13.1 Å². The lowest BCUT2D eigenvalue weighted by Gasteiger charge is -2.24. The van der Waals surface area contributed by atoms with Gasteiger partial charge in [-0.05, 0) is 39.0 Å². The van der Waals surface area contributed by atoms with Crippen molar-refractivity contribution in [3.63, 3.8) is 0 Å². The van der Waals surface area contributed by atoms with Crippen LogP contribution >= 0.6 is 24.0 Å². The van der Waals surface area contributed by atoms with E-state index in [-0.39, 0.29) is 29.9 Å². The van der Waals surface area contributed by atoms with Crippen molar-refractivity contribution in [2.24, 2.45) is 4.99 Å². The van der Waals surface area contributed by atoms with E-state index >= 15 is 0 Å². The molecule has 0 aromatic heterocycles. The summed E-state index contributed by atoms with van der Waals surface area (Å²) >= 11 is 0. The summed E-state index contributed by atoms with van der Waals surface area (Å²) in [5.41, 5.74) is 0. The van der Waals surface area contributed by atoms with Gasteiger partial charge in [-0.25, -0.2) is 0 Å². The van der Waals surface area contributed by atoms with Crippen molar-refractivity contribution < 1.29 is 4.79 Å². The van der Waals surface area contributed by atoms with Crippen LogP contribution in [0.25, 0.3) is 0 Å². The van der Waals surface area contributed by atoms with Gasteiger partial charge in [0.2, 0.25) is 5.91 Å². The van der Waals surface area contributed by atoms with E-state index in [4.69, 9.17) is 0 Å². The first-order chi connectivity index (χ1) is 10.3. The number of aliphatic imine (C=N–C) groups is 1. The zero-order valence-electron chi connectivity index (χ0n) is 13.7. The van der Waals surface area contributed by atoms with Crippen LogP contribution in [-0.4, -0.2) is 37.0 Å². The van der Waals surface area contributed by atoms with Crippen molar-refractivity contribution in [3.05, 3.63) is 0 Å². The number of carbonyl (C=O) groups is 1. The molecule has 22 heavy (non-hydrogen) atoms. The van der Waals surface area contributed by atoms with Crippen LogP contribution in [0.1, 0.15) is 64.7 Å². The van der Waals surface area contributed by atoms with Gasteiger partial charge >= 0.3 is 0 Å². The lowest BCUT2D eigenvalue weighted by Crippen LogP contribution is -2.44. The third-order valence-electron chi connectivity index (χ3n) is 4.06. The Bertz CT molecular complexity index is 352. The number of halogens is 1. The van der Waals surface area contributed by atoms with E-state index < -0.39 is 0 Å². The molecule has 0 aromatic carbocycles. The summed E-state index contributed by atoms with van der Waals surface area (Å²) in [6.45, 7) is 3.67. The Morgan fingerprint density at radius 1 is 1.05 bits per heavy atom. The molecular formula is C16H31IN4O. The van der Waals surface area contributed by atoms with Crippen LogP contribution in [0.5, 0.6) is 0 Å². The van der Waals surface area contributed by atoms with Crippen molar-refractivity contribution in [1.82, 2.24) is 16.0 Å². The van der Waals surface area contributed by atoms with Crippen LogP contribution in [0.3, 0.4) is 0 Å². The van der Waals surface area contributed by atoms with Gasteiger partial charge in [0, 0.05) is 31.6 Å². The van der Waals surface area contributed by atoms with Gasteiger partial charge in [0.15, 0.2) is 5.96 Å². The summed E-state index contributed by atoms with van der Waals surface area (Å²) in [5.74, 6) is 1.09. The summed E-state index contributed by atoms with van der Waals surface area (Å²) in [6.07, 6.45) is 10.2. The molecule has 0 bridgehead atoms. The molecule has 0 aromatic rings. The number of rotatable bonds is 7. The quantitative estimate of drug-likeness (QED) is 0.256. The van der Waals surface area contributed by atoms with Gasteiger partial charge in [0.1, 0.15) is 0 Å². The van der Waals surface area contributed by atoms with E-state index in [1.165, 1.54) is 32.1 Å². The van der Waals surface area contributed by atoms with E-state index in [0.717, 1.165) is 31.8 Å². The van der Waals surface area contributed by atoms with Crippen LogP contribution in [-0.2, 0) is 4.79 Å². The smallest absolute Gasteiger partial charge is 0.220 e. The fourth-order valence-electron chi connectivity index (χ4n) is 2.72. The van der Waals surface area contributed by atoms with Gasteiger partial charge in [-0.3, -0.25) is 9.79 Å². The van der Waals surface area contributed by atoms with Crippen molar-refractivity contribution >= 4 is 35.8 Å². The number of guanidine groups is 1. The van der Waals surface area contributed by atoms with Crippen LogP contribution < -0.4 is 16.0 Å². The molecule has 0 aliphatic heterocycles. The molecule has 0 spiro atoms. The highest BCUT2D eigenvalue weighted by Gasteiger charge is 2.22. The molecule has 128 valence electrons. The molecule has 3 N–H and O–H groups in total. The number of hydrogen-bond donors (Lipinski definition) is 3. The summed E-state index contributed by atoms with van der Waals surface area (Å²) in [5, 5.41) is 9.84. The second kappa shape index (κ2) is 11.1. The standard InChI is InChI=1S/C16H30N4O.HI/c1-2-17-16(20-13-7-4-3-5-8-13)18-12-6-9-15(21)19-14-10-11-14;/h13-14H,2-12H2,1H3,(H,19,21)(H2,17,18,20);1H. The largest absolute Gasteiger partial charge is 0.357 e. The molecule has 2 aliphatic carbocycles. The minimum Gasteiger partial charge on any atom is -0.357 e. The Morgan fingerprint density at radius 3 is 2.36 bits per heavy atom. The van der Waals surface area contributed by atoms with E-state index in [1.54, 1.807) is 0 Å². The second-order valence-electron chi connectivity index (χ2n) is 6.19. The van der Waals surface area contributed by atoms with Gasteiger partial charge in [-0.1, -0.05) is 19.3 Å². The maximum Gasteiger partial charge on any atom is 0.220 e. The molecule has 2 rings (SSSR count). The zero-order chi connectivity index (χ0) is 14.9. The first-order valence-corrected chi connectivity index (χ1v) is 8.62. The van der Waals surface area contributed by atoms with Crippen molar-refractivity contribution in [2.45, 2.75) is 76.8 Å². The van der Waals surface area contributed by atoms with Gasteiger partial charge < -0.3 is 16.0 Å². The lowest BCUT2D eigenvalue weighted by atomic mass is 9.96. The van der Waals surface area contributed by atoms with Gasteiger partial charge in [-0.15, -0.1) is 24.0 Å². The Morgan fingerprint density at radius 2 is 1.73 bits per heavy atom. The average molecular weight is 422 g/mol. The molecule has 0 radical (unpaired) electrons. The number of hydrogen-bond acceptors (Lipinski definition) is 2. The Hall–Kier alpha value is -0.530. The topological polar surface area (TPSA) is 65.5 Å². The third-order valence-corrected chi connectivity index (χ3v) is 4.06. The van der Waals surface area contributed by atoms with Crippen LogP contribution in [0.2, 0.25) is 0 Å². The number of nitrogens with one attached hydrogen (secondary N) is 3. The first-order valence-electron chi connectivity index (χ1n) is 8.62. The predicted molar refractivity (Wildman–Crippen MR) is 102 cm³/mol. The molecule has 0 atom stereocenters. The van der Waals surface area contributed by atoms with Crippen LogP contribution in [0, 0.1) is 0 Å². The molecular weight excluding hydrogens is 391 g/mol. The monoisotopic (exact) mass is 422 g/mol. The van der Waals surface area contributed by atoms with E-state index in [2.05, 4.69) is 27.9 Å². The molecule has 5 nitrogen and oxygen atoms in total. The minimum atomic E-state index is 0. The SMILES string of the molecule is CCNC(=NCCCC(=O)NC1CC1)NC1CCCCC1.I. The summed E-state index contributed by atoms with van der Waals surface area (Å²) in [7, 11) is 0. The Kier molecular flexibility index (Phi) is 9.82. The van der Waals surface area contributed by atoms with E-state index in [9.17, 15) is 4.79 Å². The second-order valence-corrected chi connectivity index (χ2v) is 6.19. The normalized spacial score (nSPS) is 19.2. The average Bonchev–Trinajstić information content (AvgIpc) is 3.29. The van der Waals surface area contributed by atoms with Gasteiger partial charge in [0.25, 0.3) is 0 Å². The molecule has 2 aliphatic rings. The molecule has 6 heteroatoms. The maximum atomic E-state index is 11.6. The minimum absolute atomic E-state index is 0. The molecule has 0 unspecified atom stereocenters. The highest BCUT2D eigenvalue weighted by atomic mass is 127. The summed E-state index contributed by atoms with van der Waals surface area (Å²) in [4.78, 5) is 16.2. The predicted octanol–water partition coefficient (Wildman–Crippen LogP) is 2.55. The first kappa shape index (κ1) is 19.5. The summed E-state index contributed by atoms with van der Waals surface area (Å²) in [6, 6.07) is 1.03. The highest BCUT2D eigenvalue weighted by molar-refractivity contribution is 14.0.